The van der Waals surface area contributed by atoms with Crippen molar-refractivity contribution in [1.82, 2.24) is 15.1 Å². The molecule has 1 N–H and O–H groups in total. The molecule has 0 amide bonds. The second kappa shape index (κ2) is 7.21. The van der Waals surface area contributed by atoms with Crippen LogP contribution in [0.3, 0.4) is 0 Å². The van der Waals surface area contributed by atoms with Gasteiger partial charge in [0, 0.05) is 48.7 Å². The van der Waals surface area contributed by atoms with E-state index in [1.807, 2.05) is 31.7 Å². The van der Waals surface area contributed by atoms with Gasteiger partial charge in [0.05, 0.1) is 5.69 Å². The Morgan fingerprint density at radius 2 is 2.09 bits per heavy atom. The van der Waals surface area contributed by atoms with Crippen LogP contribution in [0, 0.1) is 13.8 Å². The molecule has 1 fully saturated rings. The van der Waals surface area contributed by atoms with Gasteiger partial charge < -0.3 is 14.7 Å². The molecule has 0 aromatic carbocycles. The third-order valence-corrected chi connectivity index (χ3v) is 5.10. The highest BCUT2D eigenvalue weighted by Gasteiger charge is 2.17. The van der Waals surface area contributed by atoms with Crippen molar-refractivity contribution in [2.75, 3.05) is 41.4 Å². The molecule has 7 heteroatoms. The van der Waals surface area contributed by atoms with Crippen molar-refractivity contribution in [2.24, 2.45) is 0 Å². The van der Waals surface area contributed by atoms with Gasteiger partial charge in [-0.15, -0.1) is 0 Å². The number of aromatic nitrogens is 3. The van der Waals surface area contributed by atoms with Crippen LogP contribution in [0.4, 0.5) is 11.6 Å². The first kappa shape index (κ1) is 16.1. The number of hydrogen-bond acceptors (Lipinski definition) is 7. The average molecular weight is 333 g/mol. The molecule has 1 unspecified atom stereocenters. The minimum absolute atomic E-state index is 0.311. The first-order valence-electron chi connectivity index (χ1n) is 7.96. The maximum Gasteiger partial charge on any atom is 0.137 e. The minimum atomic E-state index is 0.311. The molecule has 0 saturated carbocycles. The van der Waals surface area contributed by atoms with Crippen LogP contribution >= 0.6 is 11.8 Å². The second-order valence-corrected chi connectivity index (χ2v) is 7.11. The van der Waals surface area contributed by atoms with Crippen molar-refractivity contribution >= 4 is 23.4 Å². The Balaban J connectivity index is 1.64. The zero-order valence-electron chi connectivity index (χ0n) is 13.9. The summed E-state index contributed by atoms with van der Waals surface area (Å²) >= 11 is 2.00. The standard InChI is InChI=1S/C16H23N5OS/c1-11(16-12(2)20-22-13(16)3)9-17-14-8-15(19-10-18-14)21-4-6-23-7-5-21/h8,10-11H,4-7,9H2,1-3H3,(H,17,18,19). The third kappa shape index (κ3) is 3.77. The molecule has 3 heterocycles. The van der Waals surface area contributed by atoms with Crippen LogP contribution in [0.5, 0.6) is 0 Å². The largest absolute Gasteiger partial charge is 0.369 e. The van der Waals surface area contributed by atoms with E-state index in [2.05, 4.69) is 32.3 Å². The zero-order chi connectivity index (χ0) is 16.2. The lowest BCUT2D eigenvalue weighted by Crippen LogP contribution is -2.33. The quantitative estimate of drug-likeness (QED) is 0.902. The Hall–Kier alpha value is -1.76. The number of nitrogens with one attached hydrogen (secondary N) is 1. The van der Waals surface area contributed by atoms with E-state index in [1.54, 1.807) is 6.33 Å². The fourth-order valence-electron chi connectivity index (χ4n) is 2.96. The second-order valence-electron chi connectivity index (χ2n) is 5.88. The highest BCUT2D eigenvalue weighted by Crippen LogP contribution is 2.24. The summed E-state index contributed by atoms with van der Waals surface area (Å²) in [7, 11) is 0. The van der Waals surface area contributed by atoms with Crippen LogP contribution in [-0.2, 0) is 0 Å². The SMILES string of the molecule is Cc1noc(C)c1C(C)CNc1cc(N2CCSCC2)ncn1. The molecule has 0 spiro atoms. The fourth-order valence-corrected chi connectivity index (χ4v) is 3.87. The van der Waals surface area contributed by atoms with E-state index >= 15 is 0 Å². The van der Waals surface area contributed by atoms with Gasteiger partial charge in [-0.1, -0.05) is 12.1 Å². The summed E-state index contributed by atoms with van der Waals surface area (Å²) in [5, 5.41) is 7.44. The topological polar surface area (TPSA) is 67.1 Å². The van der Waals surface area contributed by atoms with Crippen LogP contribution in [0.1, 0.15) is 29.9 Å². The maximum atomic E-state index is 5.25. The molecule has 0 radical (unpaired) electrons. The van der Waals surface area contributed by atoms with Crippen LogP contribution in [0.25, 0.3) is 0 Å². The number of rotatable bonds is 5. The highest BCUT2D eigenvalue weighted by atomic mass is 32.2. The Bertz CT molecular complexity index is 634. The minimum Gasteiger partial charge on any atom is -0.369 e. The fraction of sp³-hybridized carbons (Fsp3) is 0.562. The molecule has 1 aliphatic rings. The van der Waals surface area contributed by atoms with Crippen LogP contribution in [0.15, 0.2) is 16.9 Å². The van der Waals surface area contributed by atoms with Gasteiger partial charge in [0.15, 0.2) is 0 Å². The Morgan fingerprint density at radius 3 is 2.78 bits per heavy atom. The van der Waals surface area contributed by atoms with E-state index in [9.17, 15) is 0 Å². The highest BCUT2D eigenvalue weighted by molar-refractivity contribution is 7.99. The van der Waals surface area contributed by atoms with Gasteiger partial charge >= 0.3 is 0 Å². The van der Waals surface area contributed by atoms with Crippen molar-refractivity contribution < 1.29 is 4.52 Å². The molecule has 23 heavy (non-hydrogen) atoms. The monoisotopic (exact) mass is 333 g/mol. The zero-order valence-corrected chi connectivity index (χ0v) is 14.7. The number of hydrogen-bond donors (Lipinski definition) is 1. The van der Waals surface area contributed by atoms with Gasteiger partial charge in [-0.25, -0.2) is 9.97 Å². The Morgan fingerprint density at radius 1 is 1.30 bits per heavy atom. The molecule has 1 saturated heterocycles. The van der Waals surface area contributed by atoms with Crippen LogP contribution in [0.2, 0.25) is 0 Å². The van der Waals surface area contributed by atoms with Gasteiger partial charge in [-0.05, 0) is 13.8 Å². The first-order valence-corrected chi connectivity index (χ1v) is 9.12. The Labute approximate surface area is 141 Å². The summed E-state index contributed by atoms with van der Waals surface area (Å²) < 4.78 is 5.25. The summed E-state index contributed by atoms with van der Waals surface area (Å²) in [6, 6.07) is 2.04. The van der Waals surface area contributed by atoms with Crippen molar-refractivity contribution in [2.45, 2.75) is 26.7 Å². The van der Waals surface area contributed by atoms with E-state index in [1.165, 1.54) is 5.56 Å². The van der Waals surface area contributed by atoms with Crippen molar-refractivity contribution in [3.8, 4) is 0 Å². The molecule has 1 aliphatic heterocycles. The normalized spacial score (nSPS) is 16.4. The lowest BCUT2D eigenvalue weighted by atomic mass is 10.00. The van der Waals surface area contributed by atoms with E-state index in [-0.39, 0.29) is 0 Å². The summed E-state index contributed by atoms with van der Waals surface area (Å²) in [4.78, 5) is 11.1. The smallest absolute Gasteiger partial charge is 0.137 e. The molecule has 1 atom stereocenters. The molecular formula is C16H23N5OS. The predicted molar refractivity (Wildman–Crippen MR) is 94.5 cm³/mol. The van der Waals surface area contributed by atoms with Crippen LogP contribution < -0.4 is 10.2 Å². The third-order valence-electron chi connectivity index (χ3n) is 4.16. The lowest BCUT2D eigenvalue weighted by Gasteiger charge is -2.27. The van der Waals surface area contributed by atoms with Gasteiger partial charge in [-0.2, -0.15) is 11.8 Å². The number of thioether (sulfide) groups is 1. The molecule has 0 aliphatic carbocycles. The van der Waals surface area contributed by atoms with E-state index in [4.69, 9.17) is 4.52 Å². The Kier molecular flexibility index (Phi) is 5.05. The van der Waals surface area contributed by atoms with E-state index in [0.29, 0.717) is 5.92 Å². The first-order chi connectivity index (χ1) is 11.1. The summed E-state index contributed by atoms with van der Waals surface area (Å²) in [6.45, 7) is 9.01. The number of aryl methyl sites for hydroxylation is 2. The average Bonchev–Trinajstić information content (AvgIpc) is 2.92. The molecular weight excluding hydrogens is 310 g/mol. The predicted octanol–water partition coefficient (Wildman–Crippen LogP) is 2.85. The van der Waals surface area contributed by atoms with Gasteiger partial charge in [0.25, 0.3) is 0 Å². The summed E-state index contributed by atoms with van der Waals surface area (Å²) in [5.74, 6) is 5.41. The van der Waals surface area contributed by atoms with E-state index < -0.39 is 0 Å². The number of nitrogens with zero attached hydrogens (tertiary/aromatic N) is 4. The molecule has 124 valence electrons. The number of anilines is 2. The van der Waals surface area contributed by atoms with Gasteiger partial charge in [0.2, 0.25) is 0 Å². The van der Waals surface area contributed by atoms with Crippen molar-refractivity contribution in [1.29, 1.82) is 0 Å². The summed E-state index contributed by atoms with van der Waals surface area (Å²) in [6.07, 6.45) is 1.64. The molecule has 6 nitrogen and oxygen atoms in total. The molecule has 0 bridgehead atoms. The van der Waals surface area contributed by atoms with Gasteiger partial charge in [0.1, 0.15) is 23.7 Å². The lowest BCUT2D eigenvalue weighted by molar-refractivity contribution is 0.391. The van der Waals surface area contributed by atoms with E-state index in [0.717, 1.165) is 54.2 Å². The molecule has 3 rings (SSSR count). The van der Waals surface area contributed by atoms with Crippen molar-refractivity contribution in [3.63, 3.8) is 0 Å². The van der Waals surface area contributed by atoms with Gasteiger partial charge in [-0.3, -0.25) is 0 Å². The molecule has 2 aromatic heterocycles. The maximum absolute atomic E-state index is 5.25. The molecule has 2 aromatic rings. The van der Waals surface area contributed by atoms with Crippen molar-refractivity contribution in [3.05, 3.63) is 29.4 Å². The summed E-state index contributed by atoms with van der Waals surface area (Å²) in [5.41, 5.74) is 2.14. The van der Waals surface area contributed by atoms with Crippen LogP contribution in [-0.4, -0.2) is 46.3 Å².